The molecule has 0 saturated carbocycles. The van der Waals surface area contributed by atoms with Crippen molar-refractivity contribution in [3.8, 4) is 11.5 Å². The maximum Gasteiger partial charge on any atom is 0.253 e. The van der Waals surface area contributed by atoms with Crippen LogP contribution in [0.25, 0.3) is 10.8 Å². The zero-order valence-electron chi connectivity index (χ0n) is 22.6. The van der Waals surface area contributed by atoms with Crippen molar-refractivity contribution in [2.75, 3.05) is 45.9 Å². The van der Waals surface area contributed by atoms with Gasteiger partial charge in [-0.1, -0.05) is 18.2 Å². The van der Waals surface area contributed by atoms with E-state index in [-0.39, 0.29) is 44.0 Å². The number of likely N-dealkylation sites (N-methyl/N-ethyl adjacent to an activating group) is 2. The molecule has 4 rings (SSSR count). The van der Waals surface area contributed by atoms with Gasteiger partial charge in [0.2, 0.25) is 5.91 Å². The Kier molecular flexibility index (Phi) is 8.68. The molecule has 1 heterocycles. The number of para-hydroxylation sites is 2. The summed E-state index contributed by atoms with van der Waals surface area (Å²) in [6.07, 6.45) is 0. The van der Waals surface area contributed by atoms with Crippen LogP contribution in [0.3, 0.4) is 0 Å². The number of carbonyl (C=O) groups is 3. The minimum absolute atomic E-state index is 0.00376. The lowest BCUT2D eigenvalue weighted by atomic mass is 10.0. The van der Waals surface area contributed by atoms with Crippen molar-refractivity contribution in [3.63, 3.8) is 0 Å². The van der Waals surface area contributed by atoms with Gasteiger partial charge in [0, 0.05) is 24.7 Å². The number of rotatable bonds is 9. The summed E-state index contributed by atoms with van der Waals surface area (Å²) in [7, 11) is 4.88. The van der Waals surface area contributed by atoms with E-state index in [2.05, 4.69) is 10.6 Å². The Morgan fingerprint density at radius 3 is 2.67 bits per heavy atom. The molecule has 39 heavy (non-hydrogen) atoms. The summed E-state index contributed by atoms with van der Waals surface area (Å²) in [6.45, 7) is 1.96. The van der Waals surface area contributed by atoms with E-state index < -0.39 is 12.1 Å². The third-order valence-corrected chi connectivity index (χ3v) is 6.87. The van der Waals surface area contributed by atoms with Crippen molar-refractivity contribution in [1.29, 1.82) is 0 Å². The average molecular weight is 535 g/mol. The molecule has 1 aliphatic rings. The van der Waals surface area contributed by atoms with Crippen molar-refractivity contribution in [1.82, 2.24) is 15.5 Å². The van der Waals surface area contributed by atoms with Gasteiger partial charge in [0.15, 0.2) is 0 Å². The molecule has 0 unspecified atom stereocenters. The van der Waals surface area contributed by atoms with Gasteiger partial charge < -0.3 is 35.0 Å². The number of aliphatic hydroxyl groups is 1. The van der Waals surface area contributed by atoms with Crippen molar-refractivity contribution in [2.45, 2.75) is 25.6 Å². The average Bonchev–Trinajstić information content (AvgIpc) is 3.08. The number of fused-ring (bicyclic) bond motifs is 2. The smallest absolute Gasteiger partial charge is 0.253 e. The summed E-state index contributed by atoms with van der Waals surface area (Å²) in [6, 6.07) is 15.0. The first kappa shape index (κ1) is 27.9. The molecule has 1 aliphatic heterocycles. The zero-order chi connectivity index (χ0) is 28.1. The van der Waals surface area contributed by atoms with Crippen LogP contribution < -0.4 is 25.0 Å². The maximum absolute atomic E-state index is 13.8. The Hall–Kier alpha value is -4.15. The molecule has 10 nitrogen and oxygen atoms in total. The minimum Gasteiger partial charge on any atom is -0.496 e. The van der Waals surface area contributed by atoms with Crippen LogP contribution in [0, 0.1) is 0 Å². The van der Waals surface area contributed by atoms with Crippen molar-refractivity contribution < 1.29 is 29.0 Å². The van der Waals surface area contributed by atoms with Crippen LogP contribution in [-0.2, 0) is 16.1 Å². The van der Waals surface area contributed by atoms with E-state index in [1.807, 2.05) is 30.3 Å². The lowest BCUT2D eigenvalue weighted by molar-refractivity contribution is -0.129. The highest BCUT2D eigenvalue weighted by atomic mass is 16.5. The molecule has 0 aromatic heterocycles. The molecule has 0 bridgehead atoms. The predicted octanol–water partition coefficient (Wildman–Crippen LogP) is 1.93. The largest absolute Gasteiger partial charge is 0.496 e. The highest BCUT2D eigenvalue weighted by molar-refractivity contribution is 6.02. The van der Waals surface area contributed by atoms with Crippen LogP contribution in [0.2, 0.25) is 0 Å². The Labute approximate surface area is 227 Å². The first-order chi connectivity index (χ1) is 18.8. The normalized spacial score (nSPS) is 15.7. The predicted molar refractivity (Wildman–Crippen MR) is 148 cm³/mol. The van der Waals surface area contributed by atoms with Gasteiger partial charge in [-0.25, -0.2) is 0 Å². The van der Waals surface area contributed by atoms with E-state index in [4.69, 9.17) is 9.47 Å². The molecule has 3 amide bonds. The molecule has 0 fully saturated rings. The lowest BCUT2D eigenvalue weighted by Crippen LogP contribution is -2.53. The van der Waals surface area contributed by atoms with Crippen LogP contribution in [0.1, 0.15) is 22.8 Å². The van der Waals surface area contributed by atoms with Gasteiger partial charge in [0.05, 0.1) is 32.0 Å². The molecule has 3 N–H and O–H groups in total. The van der Waals surface area contributed by atoms with Gasteiger partial charge >= 0.3 is 0 Å². The Morgan fingerprint density at radius 1 is 1.18 bits per heavy atom. The van der Waals surface area contributed by atoms with E-state index in [1.54, 1.807) is 57.3 Å². The van der Waals surface area contributed by atoms with Gasteiger partial charge in [-0.3, -0.25) is 14.4 Å². The molecule has 2 atom stereocenters. The quantitative estimate of drug-likeness (QED) is 0.384. The van der Waals surface area contributed by atoms with Crippen molar-refractivity contribution >= 4 is 34.2 Å². The minimum atomic E-state index is -0.890. The topological polar surface area (TPSA) is 120 Å². The summed E-state index contributed by atoms with van der Waals surface area (Å²) in [5, 5.41) is 16.5. The fraction of sp³-hybridized carbons (Fsp3) is 0.345. The number of amides is 3. The van der Waals surface area contributed by atoms with E-state index in [9.17, 15) is 19.5 Å². The fourth-order valence-corrected chi connectivity index (χ4v) is 4.46. The van der Waals surface area contributed by atoms with Crippen LogP contribution in [-0.4, -0.2) is 80.8 Å². The number of ether oxygens (including phenoxy) is 2. The van der Waals surface area contributed by atoms with E-state index in [0.717, 1.165) is 16.3 Å². The standard InChI is InChI=1S/C29H34N4O6/c1-18(30-2)27(35)31-23-17-39-25-8-6-5-7-24(25)33(29(23)37)16-22-14-21-13-20(28(36)32(3)11-12-34)10-9-19(21)15-26(22)38-4/h5-10,13-15,18,23,30,34H,11-12,16-17H2,1-4H3,(H,31,35)/t18-,23-/m0/s1. The third-order valence-electron chi connectivity index (χ3n) is 6.87. The number of aliphatic hydroxyl groups excluding tert-OH is 1. The molecule has 0 saturated heterocycles. The first-order valence-electron chi connectivity index (χ1n) is 12.7. The molecule has 3 aromatic carbocycles. The molecule has 0 spiro atoms. The summed E-state index contributed by atoms with van der Waals surface area (Å²) >= 11 is 0. The number of nitrogens with one attached hydrogen (secondary N) is 2. The highest BCUT2D eigenvalue weighted by Crippen LogP contribution is 2.35. The Morgan fingerprint density at radius 2 is 1.95 bits per heavy atom. The molecule has 206 valence electrons. The van der Waals surface area contributed by atoms with Crippen molar-refractivity contribution in [3.05, 3.63) is 65.7 Å². The van der Waals surface area contributed by atoms with E-state index in [1.165, 1.54) is 4.90 Å². The second-order valence-corrected chi connectivity index (χ2v) is 9.45. The number of benzene rings is 3. The van der Waals surface area contributed by atoms with Crippen molar-refractivity contribution in [2.24, 2.45) is 0 Å². The van der Waals surface area contributed by atoms with Gasteiger partial charge in [-0.2, -0.15) is 0 Å². The van der Waals surface area contributed by atoms with Gasteiger partial charge in [0.1, 0.15) is 24.1 Å². The second kappa shape index (κ2) is 12.1. The Bertz CT molecular complexity index is 1380. The number of hydrogen-bond acceptors (Lipinski definition) is 7. The van der Waals surface area contributed by atoms with Gasteiger partial charge in [0.25, 0.3) is 11.8 Å². The molecule has 10 heteroatoms. The molecule has 3 aromatic rings. The third kappa shape index (κ3) is 5.97. The lowest BCUT2D eigenvalue weighted by Gasteiger charge is -2.26. The summed E-state index contributed by atoms with van der Waals surface area (Å²) in [5.74, 6) is 0.291. The first-order valence-corrected chi connectivity index (χ1v) is 12.7. The highest BCUT2D eigenvalue weighted by Gasteiger charge is 2.33. The monoisotopic (exact) mass is 534 g/mol. The molecule has 0 aliphatic carbocycles. The molecule has 0 radical (unpaired) electrons. The maximum atomic E-state index is 13.8. The van der Waals surface area contributed by atoms with Crippen LogP contribution in [0.15, 0.2) is 54.6 Å². The van der Waals surface area contributed by atoms with Crippen LogP contribution in [0.4, 0.5) is 5.69 Å². The number of methoxy groups -OCH3 is 1. The van der Waals surface area contributed by atoms with E-state index in [0.29, 0.717) is 22.7 Å². The number of anilines is 1. The summed E-state index contributed by atoms with van der Waals surface area (Å²) in [5.41, 5.74) is 1.79. The number of carbonyl (C=O) groups excluding carboxylic acids is 3. The fourth-order valence-electron chi connectivity index (χ4n) is 4.46. The number of hydrogen-bond donors (Lipinski definition) is 3. The Balaban J connectivity index is 1.72. The molecular formula is C29H34N4O6. The van der Waals surface area contributed by atoms with Gasteiger partial charge in [-0.05, 0) is 61.1 Å². The number of nitrogens with zero attached hydrogens (tertiary/aromatic N) is 2. The zero-order valence-corrected chi connectivity index (χ0v) is 22.6. The summed E-state index contributed by atoms with van der Waals surface area (Å²) < 4.78 is 11.6. The van der Waals surface area contributed by atoms with Gasteiger partial charge in [-0.15, -0.1) is 0 Å². The van der Waals surface area contributed by atoms with E-state index >= 15 is 0 Å². The second-order valence-electron chi connectivity index (χ2n) is 9.45. The summed E-state index contributed by atoms with van der Waals surface area (Å²) in [4.78, 5) is 42.2. The SMILES string of the molecule is CN[C@@H](C)C(=O)N[C@H]1COc2ccccc2N(Cc2cc3cc(C(=O)N(C)CCO)ccc3cc2OC)C1=O. The van der Waals surface area contributed by atoms with Crippen LogP contribution >= 0.6 is 0 Å². The molecular weight excluding hydrogens is 500 g/mol. The van der Waals surface area contributed by atoms with Crippen LogP contribution in [0.5, 0.6) is 11.5 Å².